The van der Waals surface area contributed by atoms with Crippen molar-refractivity contribution in [2.24, 2.45) is 5.92 Å². The first-order valence-electron chi connectivity index (χ1n) is 10.0. The van der Waals surface area contributed by atoms with Gasteiger partial charge < -0.3 is 25.2 Å². The standard InChI is InChI=1S/C20H28BNO6/c23-9-8-22-16-6-4-13(5-7-16)10-17(24)12-15-11-14-2-1-3-18(20(25)26)19(14)28-21(15)27/h1-3,13,15-16,22-23,27H,4-12H2,(H,25,26)/t13?,15-,16?/m1/s1. The number of aromatic carboxylic acids is 1. The van der Waals surface area contributed by atoms with E-state index < -0.39 is 13.1 Å². The van der Waals surface area contributed by atoms with Crippen LogP contribution in [0.3, 0.4) is 0 Å². The predicted molar refractivity (Wildman–Crippen MR) is 105 cm³/mol. The zero-order chi connectivity index (χ0) is 20.1. The molecular formula is C20H28BNO6. The fourth-order valence-corrected chi connectivity index (χ4v) is 4.36. The Morgan fingerprint density at radius 1 is 1.18 bits per heavy atom. The normalized spacial score (nSPS) is 24.4. The minimum atomic E-state index is -1.17. The molecule has 1 atom stereocenters. The van der Waals surface area contributed by atoms with Gasteiger partial charge in [-0.15, -0.1) is 0 Å². The molecule has 1 aromatic carbocycles. The minimum Gasteiger partial charge on any atom is -0.535 e. The number of fused-ring (bicyclic) bond motifs is 1. The van der Waals surface area contributed by atoms with Crippen LogP contribution in [0, 0.1) is 5.92 Å². The second-order valence-electron chi connectivity index (χ2n) is 7.91. The third kappa shape index (κ3) is 5.13. The lowest BCUT2D eigenvalue weighted by atomic mass is 9.64. The molecule has 0 amide bonds. The first-order chi connectivity index (χ1) is 13.5. The van der Waals surface area contributed by atoms with Crippen molar-refractivity contribution in [1.82, 2.24) is 5.32 Å². The Morgan fingerprint density at radius 2 is 1.93 bits per heavy atom. The van der Waals surface area contributed by atoms with E-state index in [1.165, 1.54) is 6.07 Å². The van der Waals surface area contributed by atoms with E-state index >= 15 is 0 Å². The summed E-state index contributed by atoms with van der Waals surface area (Å²) in [5.41, 5.74) is 0.756. The number of ketones is 1. The van der Waals surface area contributed by atoms with Crippen LogP contribution in [0.15, 0.2) is 18.2 Å². The summed E-state index contributed by atoms with van der Waals surface area (Å²) >= 11 is 0. The van der Waals surface area contributed by atoms with E-state index in [4.69, 9.17) is 9.76 Å². The van der Waals surface area contributed by atoms with Crippen LogP contribution in [-0.2, 0) is 11.2 Å². The molecule has 2 aliphatic rings. The van der Waals surface area contributed by atoms with Crippen molar-refractivity contribution in [2.45, 2.75) is 56.8 Å². The lowest BCUT2D eigenvalue weighted by Crippen LogP contribution is -2.37. The molecule has 0 unspecified atom stereocenters. The van der Waals surface area contributed by atoms with Crippen LogP contribution >= 0.6 is 0 Å². The molecule has 28 heavy (non-hydrogen) atoms. The molecule has 0 bridgehead atoms. The van der Waals surface area contributed by atoms with E-state index in [0.29, 0.717) is 31.3 Å². The van der Waals surface area contributed by atoms with Crippen LogP contribution in [0.4, 0.5) is 0 Å². The molecule has 1 aromatic rings. The number of carbonyl (C=O) groups is 2. The van der Waals surface area contributed by atoms with Gasteiger partial charge in [0.2, 0.25) is 0 Å². The molecule has 0 aromatic heterocycles. The van der Waals surface area contributed by atoms with E-state index in [9.17, 15) is 19.7 Å². The van der Waals surface area contributed by atoms with Crippen molar-refractivity contribution in [3.05, 3.63) is 29.3 Å². The Kier molecular flexibility index (Phi) is 7.10. The van der Waals surface area contributed by atoms with E-state index in [-0.39, 0.29) is 35.9 Å². The number of hydrogen-bond acceptors (Lipinski definition) is 6. The number of carboxylic acid groups (broad SMARTS) is 1. The van der Waals surface area contributed by atoms with Crippen LogP contribution in [0.5, 0.6) is 5.75 Å². The summed E-state index contributed by atoms with van der Waals surface area (Å²) in [6.45, 7) is 0.750. The number of carbonyl (C=O) groups excluding carboxylic acids is 1. The zero-order valence-electron chi connectivity index (χ0n) is 16.0. The van der Waals surface area contributed by atoms with Gasteiger partial charge in [-0.2, -0.15) is 0 Å². The van der Waals surface area contributed by atoms with Gasteiger partial charge in [-0.1, -0.05) is 12.1 Å². The van der Waals surface area contributed by atoms with E-state index in [1.807, 2.05) is 0 Å². The molecule has 1 saturated carbocycles. The van der Waals surface area contributed by atoms with E-state index in [2.05, 4.69) is 5.32 Å². The molecule has 8 heteroatoms. The Balaban J connectivity index is 1.51. The fraction of sp³-hybridized carbons (Fsp3) is 0.600. The Morgan fingerprint density at radius 3 is 2.61 bits per heavy atom. The van der Waals surface area contributed by atoms with Crippen molar-refractivity contribution in [3.63, 3.8) is 0 Å². The highest BCUT2D eigenvalue weighted by Crippen LogP contribution is 2.37. The third-order valence-electron chi connectivity index (χ3n) is 5.85. The summed E-state index contributed by atoms with van der Waals surface area (Å²) in [4.78, 5) is 23.9. The summed E-state index contributed by atoms with van der Waals surface area (Å²) < 4.78 is 5.47. The quantitative estimate of drug-likeness (QED) is 0.500. The first kappa shape index (κ1) is 20.8. The summed E-state index contributed by atoms with van der Waals surface area (Å²) in [7, 11) is -1.17. The number of carboxylic acids is 1. The number of aliphatic hydroxyl groups is 1. The summed E-state index contributed by atoms with van der Waals surface area (Å²) in [5, 5.41) is 31.7. The Hall–Kier alpha value is -1.90. The summed E-state index contributed by atoms with van der Waals surface area (Å²) in [5.74, 6) is -0.751. The molecule has 4 N–H and O–H groups in total. The average molecular weight is 389 g/mol. The SMILES string of the molecule is O=C(CC1CCC(NCCO)CC1)C[C@H]1Cc2cccc(C(=O)O)c2OB1O. The van der Waals surface area contributed by atoms with E-state index in [0.717, 1.165) is 31.2 Å². The van der Waals surface area contributed by atoms with Gasteiger partial charge in [-0.3, -0.25) is 4.79 Å². The maximum Gasteiger partial charge on any atom is 0.526 e. The van der Waals surface area contributed by atoms with Gasteiger partial charge in [0.15, 0.2) is 0 Å². The van der Waals surface area contributed by atoms with Gasteiger partial charge in [0.1, 0.15) is 11.5 Å². The topological polar surface area (TPSA) is 116 Å². The highest BCUT2D eigenvalue weighted by molar-refractivity contribution is 6.47. The lowest BCUT2D eigenvalue weighted by molar-refractivity contribution is -0.120. The molecular weight excluding hydrogens is 361 g/mol. The number of nitrogens with one attached hydrogen (secondary N) is 1. The Bertz CT molecular complexity index is 704. The molecule has 1 aliphatic heterocycles. The molecule has 3 rings (SSSR count). The lowest BCUT2D eigenvalue weighted by Gasteiger charge is -2.30. The molecule has 152 valence electrons. The van der Waals surface area contributed by atoms with Gasteiger partial charge in [0.25, 0.3) is 0 Å². The number of Topliss-reactive ketones (excluding diaryl/α,β-unsaturated/α-hetero) is 1. The van der Waals surface area contributed by atoms with Crippen molar-refractivity contribution in [3.8, 4) is 5.75 Å². The smallest absolute Gasteiger partial charge is 0.526 e. The van der Waals surface area contributed by atoms with Crippen LogP contribution in [0.25, 0.3) is 0 Å². The fourth-order valence-electron chi connectivity index (χ4n) is 4.36. The second-order valence-corrected chi connectivity index (χ2v) is 7.91. The largest absolute Gasteiger partial charge is 0.535 e. The van der Waals surface area contributed by atoms with Crippen molar-refractivity contribution in [2.75, 3.05) is 13.2 Å². The Labute approximate surface area is 165 Å². The van der Waals surface area contributed by atoms with E-state index in [1.54, 1.807) is 12.1 Å². The van der Waals surface area contributed by atoms with Gasteiger partial charge in [-0.25, -0.2) is 4.79 Å². The van der Waals surface area contributed by atoms with Gasteiger partial charge >= 0.3 is 13.1 Å². The molecule has 1 aliphatic carbocycles. The predicted octanol–water partition coefficient (Wildman–Crippen LogP) is 1.66. The molecule has 0 spiro atoms. The van der Waals surface area contributed by atoms with Crippen molar-refractivity contribution in [1.29, 1.82) is 0 Å². The molecule has 1 heterocycles. The first-order valence-corrected chi connectivity index (χ1v) is 10.0. The number of rotatable bonds is 8. The van der Waals surface area contributed by atoms with Crippen molar-refractivity contribution < 1.29 is 29.5 Å². The summed E-state index contributed by atoms with van der Waals surface area (Å²) in [6, 6.07) is 5.31. The summed E-state index contributed by atoms with van der Waals surface area (Å²) in [6.07, 6.45) is 5.18. The molecule has 0 radical (unpaired) electrons. The van der Waals surface area contributed by atoms with Crippen LogP contribution in [-0.4, -0.2) is 53.3 Å². The van der Waals surface area contributed by atoms with Crippen molar-refractivity contribution >= 4 is 18.9 Å². The van der Waals surface area contributed by atoms with Crippen LogP contribution in [0.1, 0.15) is 54.4 Å². The number of benzene rings is 1. The highest BCUT2D eigenvalue weighted by atomic mass is 16.5. The van der Waals surface area contributed by atoms with Gasteiger partial charge in [-0.05, 0) is 49.7 Å². The number of aliphatic hydroxyl groups excluding tert-OH is 1. The maximum absolute atomic E-state index is 12.6. The van der Waals surface area contributed by atoms with Gasteiger partial charge in [0, 0.05) is 31.2 Å². The van der Waals surface area contributed by atoms with Gasteiger partial charge in [0.05, 0.1) is 12.2 Å². The minimum absolute atomic E-state index is 0.0351. The number of para-hydroxylation sites is 1. The highest BCUT2D eigenvalue weighted by Gasteiger charge is 2.38. The number of hydrogen-bond donors (Lipinski definition) is 4. The van der Waals surface area contributed by atoms with Crippen LogP contribution < -0.4 is 9.97 Å². The maximum atomic E-state index is 12.6. The average Bonchev–Trinajstić information content (AvgIpc) is 2.67. The monoisotopic (exact) mass is 389 g/mol. The second kappa shape index (κ2) is 9.54. The third-order valence-corrected chi connectivity index (χ3v) is 5.85. The van der Waals surface area contributed by atoms with Crippen LogP contribution in [0.2, 0.25) is 5.82 Å². The zero-order valence-corrected chi connectivity index (χ0v) is 16.0. The molecule has 1 fully saturated rings. The molecule has 7 nitrogen and oxygen atoms in total. The molecule has 0 saturated heterocycles.